The molecule has 5 heteroatoms. The van der Waals surface area contributed by atoms with Gasteiger partial charge in [0.25, 0.3) is 0 Å². The van der Waals surface area contributed by atoms with Gasteiger partial charge in [-0.3, -0.25) is 5.10 Å². The van der Waals surface area contributed by atoms with Crippen molar-refractivity contribution in [2.24, 2.45) is 0 Å². The largest absolute Gasteiger partial charge is 0.350 e. The van der Waals surface area contributed by atoms with Gasteiger partial charge in [-0.2, -0.15) is 5.10 Å². The monoisotopic (exact) mass is 249 g/mol. The van der Waals surface area contributed by atoms with Crippen molar-refractivity contribution in [1.29, 1.82) is 0 Å². The highest BCUT2D eigenvalue weighted by molar-refractivity contribution is 5.43. The normalized spacial score (nSPS) is 19.4. The van der Waals surface area contributed by atoms with Crippen molar-refractivity contribution in [2.75, 3.05) is 11.4 Å². The standard InChI is InChI=1S/C13H13F2N3/c14-9-3-4-11(15)10(8-9)12-2-1-7-18(12)13-5-6-16-17-13/h3-6,8,12H,1-2,7H2,(H,16,17)/t12-/m1/s1. The van der Waals surface area contributed by atoms with E-state index in [1.165, 1.54) is 12.1 Å². The number of nitrogens with zero attached hydrogens (tertiary/aromatic N) is 2. The van der Waals surface area contributed by atoms with E-state index in [1.807, 2.05) is 11.0 Å². The average Bonchev–Trinajstić information content (AvgIpc) is 3.00. The van der Waals surface area contributed by atoms with Gasteiger partial charge in [0, 0.05) is 18.2 Å². The summed E-state index contributed by atoms with van der Waals surface area (Å²) in [6.07, 6.45) is 3.44. The minimum absolute atomic E-state index is 0.124. The number of anilines is 1. The fourth-order valence-corrected chi connectivity index (χ4v) is 2.56. The maximum absolute atomic E-state index is 13.8. The van der Waals surface area contributed by atoms with Gasteiger partial charge >= 0.3 is 0 Å². The van der Waals surface area contributed by atoms with E-state index < -0.39 is 5.82 Å². The third-order valence-electron chi connectivity index (χ3n) is 3.37. The molecule has 1 atom stereocenters. The first-order valence-electron chi connectivity index (χ1n) is 5.96. The number of hydrogen-bond donors (Lipinski definition) is 1. The van der Waals surface area contributed by atoms with Crippen LogP contribution in [0.2, 0.25) is 0 Å². The van der Waals surface area contributed by atoms with Crippen molar-refractivity contribution in [3.63, 3.8) is 0 Å². The summed E-state index contributed by atoms with van der Waals surface area (Å²) in [6, 6.07) is 5.34. The zero-order chi connectivity index (χ0) is 12.5. The second-order valence-electron chi connectivity index (χ2n) is 4.46. The zero-order valence-electron chi connectivity index (χ0n) is 9.74. The molecule has 94 valence electrons. The molecule has 2 heterocycles. The van der Waals surface area contributed by atoms with Crippen molar-refractivity contribution in [3.05, 3.63) is 47.7 Å². The maximum atomic E-state index is 13.8. The predicted molar refractivity (Wildman–Crippen MR) is 64.3 cm³/mol. The molecule has 0 spiro atoms. The fourth-order valence-electron chi connectivity index (χ4n) is 2.56. The third-order valence-corrected chi connectivity index (χ3v) is 3.37. The Labute approximate surface area is 103 Å². The topological polar surface area (TPSA) is 31.9 Å². The average molecular weight is 249 g/mol. The van der Waals surface area contributed by atoms with E-state index in [0.29, 0.717) is 5.56 Å². The van der Waals surface area contributed by atoms with Crippen LogP contribution in [0.1, 0.15) is 24.4 Å². The molecule has 1 saturated heterocycles. The molecule has 0 bridgehead atoms. The van der Waals surface area contributed by atoms with Crippen molar-refractivity contribution in [2.45, 2.75) is 18.9 Å². The smallest absolute Gasteiger partial charge is 0.128 e. The van der Waals surface area contributed by atoms with Gasteiger partial charge in [0.15, 0.2) is 0 Å². The minimum Gasteiger partial charge on any atom is -0.350 e. The first-order valence-corrected chi connectivity index (χ1v) is 5.96. The summed E-state index contributed by atoms with van der Waals surface area (Å²) < 4.78 is 27.1. The molecule has 1 aliphatic heterocycles. The highest BCUT2D eigenvalue weighted by atomic mass is 19.1. The Kier molecular flexibility index (Phi) is 2.74. The Morgan fingerprint density at radius 2 is 2.17 bits per heavy atom. The van der Waals surface area contributed by atoms with Crippen molar-refractivity contribution in [1.82, 2.24) is 10.2 Å². The minimum atomic E-state index is -0.400. The van der Waals surface area contributed by atoms with Gasteiger partial charge in [-0.1, -0.05) is 0 Å². The lowest BCUT2D eigenvalue weighted by molar-refractivity contribution is 0.560. The van der Waals surface area contributed by atoms with E-state index in [-0.39, 0.29) is 11.9 Å². The van der Waals surface area contributed by atoms with Gasteiger partial charge in [-0.05, 0) is 31.0 Å². The summed E-state index contributed by atoms with van der Waals surface area (Å²) in [7, 11) is 0. The SMILES string of the molecule is Fc1ccc(F)c([C@H]2CCCN2c2ccn[nH]2)c1. The molecule has 1 aliphatic rings. The van der Waals surface area contributed by atoms with Crippen LogP contribution < -0.4 is 4.90 Å². The molecule has 1 aromatic carbocycles. The number of benzene rings is 1. The van der Waals surface area contributed by atoms with Crippen LogP contribution in [0.3, 0.4) is 0 Å². The molecule has 1 N–H and O–H groups in total. The quantitative estimate of drug-likeness (QED) is 0.887. The summed E-state index contributed by atoms with van der Waals surface area (Å²) in [4.78, 5) is 2.03. The van der Waals surface area contributed by atoms with Gasteiger partial charge in [-0.25, -0.2) is 8.78 Å². The van der Waals surface area contributed by atoms with Crippen molar-refractivity contribution >= 4 is 5.82 Å². The molecule has 0 radical (unpaired) electrons. The highest BCUT2D eigenvalue weighted by Crippen LogP contribution is 2.36. The number of H-pyrrole nitrogens is 1. The van der Waals surface area contributed by atoms with E-state index in [9.17, 15) is 8.78 Å². The van der Waals surface area contributed by atoms with Crippen LogP contribution >= 0.6 is 0 Å². The number of nitrogens with one attached hydrogen (secondary N) is 1. The first-order chi connectivity index (χ1) is 8.75. The van der Waals surface area contributed by atoms with E-state index in [2.05, 4.69) is 10.2 Å². The lowest BCUT2D eigenvalue weighted by atomic mass is 10.0. The summed E-state index contributed by atoms with van der Waals surface area (Å²) in [6.45, 7) is 0.822. The van der Waals surface area contributed by atoms with Gasteiger partial charge in [-0.15, -0.1) is 0 Å². The molecular weight excluding hydrogens is 236 g/mol. The number of halogens is 2. The summed E-state index contributed by atoms with van der Waals surface area (Å²) in [5.41, 5.74) is 0.419. The van der Waals surface area contributed by atoms with Gasteiger partial charge in [0.1, 0.15) is 17.5 Å². The molecule has 0 unspecified atom stereocenters. The molecule has 2 aromatic rings. The van der Waals surface area contributed by atoms with Crippen LogP contribution in [0.5, 0.6) is 0 Å². The molecular formula is C13H13F2N3. The first kappa shape index (κ1) is 11.2. The summed E-state index contributed by atoms with van der Waals surface area (Å²) >= 11 is 0. The lowest BCUT2D eigenvalue weighted by Gasteiger charge is -2.25. The van der Waals surface area contributed by atoms with Crippen LogP contribution in [-0.4, -0.2) is 16.7 Å². The Bertz CT molecular complexity index is 539. The molecule has 0 amide bonds. The van der Waals surface area contributed by atoms with Gasteiger partial charge in [0.05, 0.1) is 12.2 Å². The Balaban J connectivity index is 1.97. The fraction of sp³-hybridized carbons (Fsp3) is 0.308. The molecule has 1 fully saturated rings. The molecule has 1 aromatic heterocycles. The summed E-state index contributed by atoms with van der Waals surface area (Å²) in [5, 5.41) is 6.77. The lowest BCUT2D eigenvalue weighted by Crippen LogP contribution is -2.23. The second-order valence-corrected chi connectivity index (χ2v) is 4.46. The molecule has 3 nitrogen and oxygen atoms in total. The Morgan fingerprint density at radius 1 is 1.28 bits per heavy atom. The van der Waals surface area contributed by atoms with Crippen LogP contribution in [0, 0.1) is 11.6 Å². The number of aromatic nitrogens is 2. The molecule has 0 saturated carbocycles. The third kappa shape index (κ3) is 1.85. The number of hydrogen-bond acceptors (Lipinski definition) is 2. The highest BCUT2D eigenvalue weighted by Gasteiger charge is 2.29. The Hall–Kier alpha value is -1.91. The summed E-state index contributed by atoms with van der Waals surface area (Å²) in [5.74, 6) is 0.0943. The Morgan fingerprint density at radius 3 is 2.94 bits per heavy atom. The van der Waals surface area contributed by atoms with E-state index in [4.69, 9.17) is 0 Å². The van der Waals surface area contributed by atoms with Crippen LogP contribution in [0.4, 0.5) is 14.6 Å². The second kappa shape index (κ2) is 4.40. The molecule has 3 rings (SSSR count). The van der Waals surface area contributed by atoms with Crippen LogP contribution in [0.15, 0.2) is 30.5 Å². The van der Waals surface area contributed by atoms with E-state index >= 15 is 0 Å². The van der Waals surface area contributed by atoms with E-state index in [1.54, 1.807) is 6.20 Å². The number of aromatic amines is 1. The van der Waals surface area contributed by atoms with Gasteiger partial charge in [0.2, 0.25) is 0 Å². The number of rotatable bonds is 2. The predicted octanol–water partition coefficient (Wildman–Crippen LogP) is 3.03. The zero-order valence-corrected chi connectivity index (χ0v) is 9.74. The molecule has 0 aliphatic carbocycles. The van der Waals surface area contributed by atoms with Crippen molar-refractivity contribution in [3.8, 4) is 0 Å². The van der Waals surface area contributed by atoms with Gasteiger partial charge < -0.3 is 4.90 Å². The van der Waals surface area contributed by atoms with E-state index in [0.717, 1.165) is 31.3 Å². The maximum Gasteiger partial charge on any atom is 0.128 e. The van der Waals surface area contributed by atoms with Crippen LogP contribution in [0.25, 0.3) is 0 Å². The van der Waals surface area contributed by atoms with Crippen LogP contribution in [-0.2, 0) is 0 Å². The molecule has 18 heavy (non-hydrogen) atoms. The van der Waals surface area contributed by atoms with Crippen molar-refractivity contribution < 1.29 is 8.78 Å².